The number of imidazole rings is 1. The predicted octanol–water partition coefficient (Wildman–Crippen LogP) is 3.95. The zero-order valence-electron chi connectivity index (χ0n) is 17.1. The van der Waals surface area contributed by atoms with Gasteiger partial charge in [-0.15, -0.1) is 0 Å². The van der Waals surface area contributed by atoms with E-state index >= 15 is 0 Å². The fraction of sp³-hybridized carbons (Fsp3) is 0.250. The molecule has 5 heteroatoms. The minimum absolute atomic E-state index is 0.0325. The van der Waals surface area contributed by atoms with Crippen LogP contribution >= 0.6 is 0 Å². The Balaban J connectivity index is 1.81. The summed E-state index contributed by atoms with van der Waals surface area (Å²) in [5.74, 6) is 1.03. The highest BCUT2D eigenvalue weighted by atomic mass is 16.5. The van der Waals surface area contributed by atoms with Gasteiger partial charge in [-0.3, -0.25) is 4.79 Å². The van der Waals surface area contributed by atoms with Crippen LogP contribution in [0.5, 0.6) is 0 Å². The van der Waals surface area contributed by atoms with Gasteiger partial charge in [0.15, 0.2) is 0 Å². The molecule has 0 unspecified atom stereocenters. The normalized spacial score (nSPS) is 11.3. The molecule has 0 spiro atoms. The topological polar surface area (TPSA) is 49.1 Å². The quantitative estimate of drug-likeness (QED) is 0.503. The second-order valence-electron chi connectivity index (χ2n) is 7.37. The summed E-state index contributed by atoms with van der Waals surface area (Å²) in [6.07, 6.45) is 2.66. The number of aryl methyl sites for hydroxylation is 2. The van der Waals surface area contributed by atoms with Gasteiger partial charge in [-0.05, 0) is 41.8 Å². The van der Waals surface area contributed by atoms with Gasteiger partial charge in [0.2, 0.25) is 0 Å². The third-order valence-electron chi connectivity index (χ3n) is 5.25. The van der Waals surface area contributed by atoms with Crippen molar-refractivity contribution in [3.8, 4) is 11.1 Å². The zero-order chi connectivity index (χ0) is 20.4. The van der Waals surface area contributed by atoms with Gasteiger partial charge in [0.1, 0.15) is 5.82 Å². The molecule has 4 aromatic rings. The van der Waals surface area contributed by atoms with Crippen LogP contribution in [-0.4, -0.2) is 27.8 Å². The third kappa shape index (κ3) is 3.87. The SMILES string of the molecule is COCCn1c(Cc2ccccc2)nc2ccc(-c3cc(C)c(=O)n(C)c3)cc21. The molecule has 0 aliphatic carbocycles. The molecule has 0 fully saturated rings. The van der Waals surface area contributed by atoms with E-state index in [-0.39, 0.29) is 5.56 Å². The molecule has 0 saturated carbocycles. The van der Waals surface area contributed by atoms with Crippen molar-refractivity contribution in [1.29, 1.82) is 0 Å². The van der Waals surface area contributed by atoms with Gasteiger partial charge in [0.05, 0.1) is 17.6 Å². The van der Waals surface area contributed by atoms with Crippen molar-refractivity contribution < 1.29 is 4.74 Å². The van der Waals surface area contributed by atoms with E-state index in [1.54, 1.807) is 18.7 Å². The van der Waals surface area contributed by atoms with E-state index in [4.69, 9.17) is 9.72 Å². The molecule has 0 N–H and O–H groups in total. The molecule has 0 aliphatic heterocycles. The van der Waals surface area contributed by atoms with E-state index < -0.39 is 0 Å². The molecule has 29 heavy (non-hydrogen) atoms. The Morgan fingerprint density at radius 3 is 2.55 bits per heavy atom. The van der Waals surface area contributed by atoms with Gasteiger partial charge in [0, 0.05) is 38.9 Å². The van der Waals surface area contributed by atoms with Gasteiger partial charge >= 0.3 is 0 Å². The lowest BCUT2D eigenvalue weighted by atomic mass is 10.1. The van der Waals surface area contributed by atoms with Crippen molar-refractivity contribution in [3.63, 3.8) is 0 Å². The van der Waals surface area contributed by atoms with Gasteiger partial charge in [-0.25, -0.2) is 4.98 Å². The van der Waals surface area contributed by atoms with Crippen LogP contribution in [0.4, 0.5) is 0 Å². The number of aromatic nitrogens is 3. The molecule has 0 saturated heterocycles. The first kappa shape index (κ1) is 19.2. The number of methoxy groups -OCH3 is 1. The lowest BCUT2D eigenvalue weighted by molar-refractivity contribution is 0.187. The van der Waals surface area contributed by atoms with Crippen LogP contribution in [0.25, 0.3) is 22.2 Å². The van der Waals surface area contributed by atoms with Gasteiger partial charge < -0.3 is 13.9 Å². The van der Waals surface area contributed by atoms with Crippen molar-refractivity contribution >= 4 is 11.0 Å². The average Bonchev–Trinajstić information content (AvgIpc) is 3.07. The molecule has 148 valence electrons. The van der Waals surface area contributed by atoms with Crippen molar-refractivity contribution in [2.45, 2.75) is 19.9 Å². The van der Waals surface area contributed by atoms with Crippen molar-refractivity contribution in [2.24, 2.45) is 7.05 Å². The van der Waals surface area contributed by atoms with E-state index in [0.717, 1.165) is 46.5 Å². The van der Waals surface area contributed by atoms with Gasteiger partial charge in [-0.1, -0.05) is 36.4 Å². The molecule has 5 nitrogen and oxygen atoms in total. The Morgan fingerprint density at radius 1 is 1.03 bits per heavy atom. The average molecular weight is 387 g/mol. The highest BCUT2D eigenvalue weighted by Gasteiger charge is 2.13. The van der Waals surface area contributed by atoms with Crippen LogP contribution in [-0.2, 0) is 24.8 Å². The molecule has 2 aromatic carbocycles. The maximum absolute atomic E-state index is 12.0. The minimum atomic E-state index is 0.0325. The third-order valence-corrected chi connectivity index (χ3v) is 5.25. The fourth-order valence-corrected chi connectivity index (χ4v) is 3.73. The summed E-state index contributed by atoms with van der Waals surface area (Å²) in [5, 5.41) is 0. The largest absolute Gasteiger partial charge is 0.383 e. The maximum atomic E-state index is 12.0. The maximum Gasteiger partial charge on any atom is 0.253 e. The standard InChI is InChI=1S/C24H25N3O2/c1-17-13-20(16-26(2)24(17)28)19-9-10-21-22(15-19)27(11-12-29-3)23(25-21)14-18-7-5-4-6-8-18/h4-10,13,15-16H,11-12,14H2,1-3H3. The summed E-state index contributed by atoms with van der Waals surface area (Å²) in [7, 11) is 3.51. The lowest BCUT2D eigenvalue weighted by Gasteiger charge is -2.10. The summed E-state index contributed by atoms with van der Waals surface area (Å²) in [5.41, 5.74) is 6.15. The number of hydrogen-bond donors (Lipinski definition) is 0. The lowest BCUT2D eigenvalue weighted by Crippen LogP contribution is -2.18. The number of benzene rings is 2. The first-order valence-electron chi connectivity index (χ1n) is 9.76. The number of rotatable bonds is 6. The monoisotopic (exact) mass is 387 g/mol. The highest BCUT2D eigenvalue weighted by molar-refractivity contribution is 5.82. The smallest absolute Gasteiger partial charge is 0.253 e. The molecule has 0 atom stereocenters. The second-order valence-corrected chi connectivity index (χ2v) is 7.37. The van der Waals surface area contributed by atoms with Crippen molar-refractivity contribution in [2.75, 3.05) is 13.7 Å². The predicted molar refractivity (Wildman–Crippen MR) is 116 cm³/mol. The van der Waals surface area contributed by atoms with Crippen molar-refractivity contribution in [3.05, 3.63) is 88.1 Å². The first-order valence-corrected chi connectivity index (χ1v) is 9.76. The number of nitrogens with zero attached hydrogens (tertiary/aromatic N) is 3. The Morgan fingerprint density at radius 2 is 1.83 bits per heavy atom. The number of pyridine rings is 1. The number of ether oxygens (including phenoxy) is 1. The Labute approximate surface area is 170 Å². The van der Waals surface area contributed by atoms with E-state index in [0.29, 0.717) is 6.61 Å². The Hall–Kier alpha value is -3.18. The molecule has 0 amide bonds. The fourth-order valence-electron chi connectivity index (χ4n) is 3.73. The molecule has 2 heterocycles. The highest BCUT2D eigenvalue weighted by Crippen LogP contribution is 2.26. The van der Waals surface area contributed by atoms with E-state index in [9.17, 15) is 4.79 Å². The zero-order valence-corrected chi connectivity index (χ0v) is 17.1. The van der Waals surface area contributed by atoms with Gasteiger partial charge in [-0.2, -0.15) is 0 Å². The molecular weight excluding hydrogens is 362 g/mol. The Kier molecular flexibility index (Phi) is 5.32. The second kappa shape index (κ2) is 8.05. The number of fused-ring (bicyclic) bond motifs is 1. The summed E-state index contributed by atoms with van der Waals surface area (Å²) in [6.45, 7) is 3.21. The molecule has 0 aliphatic rings. The molecule has 4 rings (SSSR count). The minimum Gasteiger partial charge on any atom is -0.383 e. The van der Waals surface area contributed by atoms with Crippen LogP contribution in [0.1, 0.15) is 17.0 Å². The molecule has 0 radical (unpaired) electrons. The summed E-state index contributed by atoms with van der Waals surface area (Å²) in [4.78, 5) is 16.9. The molecule has 0 bridgehead atoms. The first-order chi connectivity index (χ1) is 14.1. The molecular formula is C24H25N3O2. The van der Waals surface area contributed by atoms with E-state index in [2.05, 4.69) is 47.0 Å². The van der Waals surface area contributed by atoms with Crippen LogP contribution in [0.3, 0.4) is 0 Å². The van der Waals surface area contributed by atoms with Crippen LogP contribution in [0.15, 0.2) is 65.6 Å². The van der Waals surface area contributed by atoms with E-state index in [1.807, 2.05) is 25.3 Å². The van der Waals surface area contributed by atoms with Crippen molar-refractivity contribution in [1.82, 2.24) is 14.1 Å². The molecule has 2 aromatic heterocycles. The summed E-state index contributed by atoms with van der Waals surface area (Å²) >= 11 is 0. The van der Waals surface area contributed by atoms with Crippen LogP contribution < -0.4 is 5.56 Å². The Bertz CT molecular complexity index is 1180. The van der Waals surface area contributed by atoms with Crippen LogP contribution in [0, 0.1) is 6.92 Å². The van der Waals surface area contributed by atoms with Gasteiger partial charge in [0.25, 0.3) is 5.56 Å². The summed E-state index contributed by atoms with van der Waals surface area (Å²) < 4.78 is 9.22. The van der Waals surface area contributed by atoms with E-state index in [1.165, 1.54) is 5.56 Å². The number of hydrogen-bond acceptors (Lipinski definition) is 3. The summed E-state index contributed by atoms with van der Waals surface area (Å²) in [6, 6.07) is 18.6. The van der Waals surface area contributed by atoms with Crippen LogP contribution in [0.2, 0.25) is 0 Å².